The Labute approximate surface area is 120 Å². The molecule has 0 bridgehead atoms. The Bertz CT molecular complexity index is 564. The highest BCUT2D eigenvalue weighted by molar-refractivity contribution is 6.34. The summed E-state index contributed by atoms with van der Waals surface area (Å²) in [5, 5.41) is 20.4. The summed E-state index contributed by atoms with van der Waals surface area (Å²) in [6, 6.07) is 2.23. The number of aliphatic hydroxyl groups is 1. The standard InChI is InChI=1S/C12H14ClN3O4/c13-10-5-7(16(19)20)4-9(11(10)14)12(18)15-3-1-2-8(17)6-15/h4-5,8,17H,1-3,6,14H2. The van der Waals surface area contributed by atoms with Crippen LogP contribution < -0.4 is 5.73 Å². The number of rotatable bonds is 2. The van der Waals surface area contributed by atoms with E-state index < -0.39 is 16.9 Å². The minimum Gasteiger partial charge on any atom is -0.397 e. The van der Waals surface area contributed by atoms with E-state index in [2.05, 4.69) is 0 Å². The Morgan fingerprint density at radius 3 is 2.85 bits per heavy atom. The van der Waals surface area contributed by atoms with E-state index in [-0.39, 0.29) is 28.5 Å². The van der Waals surface area contributed by atoms with Gasteiger partial charge in [-0.2, -0.15) is 0 Å². The van der Waals surface area contributed by atoms with Crippen LogP contribution in [0.1, 0.15) is 23.2 Å². The fourth-order valence-electron chi connectivity index (χ4n) is 2.20. The molecule has 2 rings (SSSR count). The molecule has 0 aromatic heterocycles. The number of benzene rings is 1. The number of anilines is 1. The van der Waals surface area contributed by atoms with Crippen LogP contribution in [0.5, 0.6) is 0 Å². The third-order valence-corrected chi connectivity index (χ3v) is 3.55. The second kappa shape index (κ2) is 5.64. The van der Waals surface area contributed by atoms with Crippen molar-refractivity contribution in [3.63, 3.8) is 0 Å². The number of piperidine rings is 1. The Kier molecular flexibility index (Phi) is 4.10. The zero-order chi connectivity index (χ0) is 14.9. The lowest BCUT2D eigenvalue weighted by Gasteiger charge is -2.30. The van der Waals surface area contributed by atoms with Gasteiger partial charge in [-0.15, -0.1) is 0 Å². The molecule has 1 aliphatic heterocycles. The van der Waals surface area contributed by atoms with Crippen LogP contribution in [0.4, 0.5) is 11.4 Å². The summed E-state index contributed by atoms with van der Waals surface area (Å²) in [6.45, 7) is 0.675. The first kappa shape index (κ1) is 14.5. The Morgan fingerprint density at radius 2 is 2.25 bits per heavy atom. The minimum atomic E-state index is -0.632. The molecule has 1 saturated heterocycles. The average molecular weight is 300 g/mol. The number of aliphatic hydroxyl groups excluding tert-OH is 1. The number of carbonyl (C=O) groups excluding carboxylic acids is 1. The maximum absolute atomic E-state index is 12.3. The van der Waals surface area contributed by atoms with E-state index in [9.17, 15) is 20.0 Å². The van der Waals surface area contributed by atoms with Crippen molar-refractivity contribution in [1.29, 1.82) is 0 Å². The lowest BCUT2D eigenvalue weighted by atomic mass is 10.1. The van der Waals surface area contributed by atoms with Gasteiger partial charge in [0.05, 0.1) is 27.3 Å². The maximum atomic E-state index is 12.3. The number of hydrogen-bond donors (Lipinski definition) is 2. The Morgan fingerprint density at radius 1 is 1.55 bits per heavy atom. The number of nitrogens with zero attached hydrogens (tertiary/aromatic N) is 2. The molecule has 3 N–H and O–H groups in total. The van der Waals surface area contributed by atoms with E-state index in [0.29, 0.717) is 19.4 Å². The predicted octanol–water partition coefficient (Wildman–Crippen LogP) is 1.43. The molecule has 1 unspecified atom stereocenters. The molecule has 1 aliphatic rings. The highest BCUT2D eigenvalue weighted by Gasteiger charge is 2.26. The van der Waals surface area contributed by atoms with Crippen molar-refractivity contribution in [2.24, 2.45) is 0 Å². The van der Waals surface area contributed by atoms with Crippen molar-refractivity contribution in [3.05, 3.63) is 32.8 Å². The van der Waals surface area contributed by atoms with Crippen LogP contribution in [0, 0.1) is 10.1 Å². The minimum absolute atomic E-state index is 0.00157. The van der Waals surface area contributed by atoms with Crippen LogP contribution >= 0.6 is 11.6 Å². The van der Waals surface area contributed by atoms with Crippen molar-refractivity contribution >= 4 is 28.9 Å². The number of nitro groups is 1. The fraction of sp³-hybridized carbons (Fsp3) is 0.417. The molecule has 1 fully saturated rings. The third-order valence-electron chi connectivity index (χ3n) is 3.24. The fourth-order valence-corrected chi connectivity index (χ4v) is 2.41. The van der Waals surface area contributed by atoms with Crippen LogP contribution in [0.3, 0.4) is 0 Å². The van der Waals surface area contributed by atoms with Gasteiger partial charge in [0, 0.05) is 25.2 Å². The first-order chi connectivity index (χ1) is 9.40. The normalized spacial score (nSPS) is 18.9. The van der Waals surface area contributed by atoms with Gasteiger partial charge in [-0.3, -0.25) is 14.9 Å². The molecule has 7 nitrogen and oxygen atoms in total. The smallest absolute Gasteiger partial charge is 0.271 e. The molecule has 0 saturated carbocycles. The topological polar surface area (TPSA) is 110 Å². The second-order valence-electron chi connectivity index (χ2n) is 4.69. The number of amides is 1. The number of carbonyl (C=O) groups is 1. The van der Waals surface area contributed by atoms with Gasteiger partial charge in [0.15, 0.2) is 0 Å². The first-order valence-corrected chi connectivity index (χ1v) is 6.48. The molecule has 1 aromatic rings. The molecule has 1 heterocycles. The van der Waals surface area contributed by atoms with Crippen molar-refractivity contribution < 1.29 is 14.8 Å². The number of nitro benzene ring substituents is 1. The van der Waals surface area contributed by atoms with E-state index in [4.69, 9.17) is 17.3 Å². The van der Waals surface area contributed by atoms with Gasteiger partial charge < -0.3 is 15.7 Å². The SMILES string of the molecule is Nc1c(Cl)cc([N+](=O)[O-])cc1C(=O)N1CCCC(O)C1. The van der Waals surface area contributed by atoms with Crippen LogP contribution in [0.25, 0.3) is 0 Å². The molecule has 8 heteroatoms. The predicted molar refractivity (Wildman–Crippen MR) is 73.7 cm³/mol. The largest absolute Gasteiger partial charge is 0.397 e. The van der Waals surface area contributed by atoms with E-state index in [1.165, 1.54) is 4.90 Å². The highest BCUT2D eigenvalue weighted by Crippen LogP contribution is 2.30. The number of likely N-dealkylation sites (tertiary alicyclic amines) is 1. The van der Waals surface area contributed by atoms with Crippen molar-refractivity contribution in [1.82, 2.24) is 4.90 Å². The van der Waals surface area contributed by atoms with Gasteiger partial charge in [0.1, 0.15) is 0 Å². The van der Waals surface area contributed by atoms with Crippen molar-refractivity contribution in [3.8, 4) is 0 Å². The lowest BCUT2D eigenvalue weighted by molar-refractivity contribution is -0.384. The molecular weight excluding hydrogens is 286 g/mol. The molecule has 20 heavy (non-hydrogen) atoms. The summed E-state index contributed by atoms with van der Waals surface area (Å²) in [7, 11) is 0. The van der Waals surface area contributed by atoms with Crippen LogP contribution in [-0.4, -0.2) is 40.0 Å². The third kappa shape index (κ3) is 2.83. The van der Waals surface area contributed by atoms with Gasteiger partial charge in [0.25, 0.3) is 11.6 Å². The van der Waals surface area contributed by atoms with Gasteiger partial charge in [0.2, 0.25) is 0 Å². The van der Waals surface area contributed by atoms with Crippen molar-refractivity contribution in [2.45, 2.75) is 18.9 Å². The summed E-state index contributed by atoms with van der Waals surface area (Å²) in [6.07, 6.45) is 0.729. The van der Waals surface area contributed by atoms with E-state index in [1.54, 1.807) is 0 Å². The van der Waals surface area contributed by atoms with Crippen molar-refractivity contribution in [2.75, 3.05) is 18.8 Å². The first-order valence-electron chi connectivity index (χ1n) is 6.11. The number of hydrogen-bond acceptors (Lipinski definition) is 5. The Balaban J connectivity index is 2.35. The molecule has 1 aromatic carbocycles. The zero-order valence-electron chi connectivity index (χ0n) is 10.6. The molecule has 0 radical (unpaired) electrons. The summed E-state index contributed by atoms with van der Waals surface area (Å²) in [5.41, 5.74) is 5.46. The van der Waals surface area contributed by atoms with E-state index >= 15 is 0 Å². The summed E-state index contributed by atoms with van der Waals surface area (Å²) in [4.78, 5) is 24.0. The zero-order valence-corrected chi connectivity index (χ0v) is 11.3. The molecule has 108 valence electrons. The lowest BCUT2D eigenvalue weighted by Crippen LogP contribution is -2.42. The maximum Gasteiger partial charge on any atom is 0.271 e. The van der Waals surface area contributed by atoms with Gasteiger partial charge >= 0.3 is 0 Å². The van der Waals surface area contributed by atoms with Crippen LogP contribution in [0.2, 0.25) is 5.02 Å². The number of nitrogens with two attached hydrogens (primary N) is 1. The molecule has 0 aliphatic carbocycles. The Hall–Kier alpha value is -1.86. The summed E-state index contributed by atoms with van der Waals surface area (Å²) < 4.78 is 0. The summed E-state index contributed by atoms with van der Waals surface area (Å²) in [5.74, 6) is -0.452. The van der Waals surface area contributed by atoms with Gasteiger partial charge in [-0.1, -0.05) is 11.6 Å². The number of non-ortho nitro benzene ring substituents is 1. The van der Waals surface area contributed by atoms with Crippen LogP contribution in [0.15, 0.2) is 12.1 Å². The highest BCUT2D eigenvalue weighted by atomic mass is 35.5. The monoisotopic (exact) mass is 299 g/mol. The van der Waals surface area contributed by atoms with E-state index in [1.807, 2.05) is 0 Å². The molecule has 0 spiro atoms. The second-order valence-corrected chi connectivity index (χ2v) is 5.10. The molecule has 1 atom stereocenters. The molecule has 1 amide bonds. The van der Waals surface area contributed by atoms with Gasteiger partial charge in [-0.25, -0.2) is 0 Å². The number of halogens is 1. The quantitative estimate of drug-likeness (QED) is 0.487. The van der Waals surface area contributed by atoms with Crippen LogP contribution in [-0.2, 0) is 0 Å². The number of β-amino-alcohol motifs (C(OH)–C–C–N with tert-alkyl or cyclic N) is 1. The van der Waals surface area contributed by atoms with Gasteiger partial charge in [-0.05, 0) is 12.8 Å². The average Bonchev–Trinajstić information content (AvgIpc) is 2.40. The summed E-state index contributed by atoms with van der Waals surface area (Å²) >= 11 is 5.83. The molecular formula is C12H14ClN3O4. The number of nitrogen functional groups attached to an aromatic ring is 1. The van der Waals surface area contributed by atoms with E-state index in [0.717, 1.165) is 12.1 Å².